The van der Waals surface area contributed by atoms with Crippen LogP contribution in [0.25, 0.3) is 0 Å². The maximum absolute atomic E-state index is 11.2. The van der Waals surface area contributed by atoms with Gasteiger partial charge in [-0.1, -0.05) is 0 Å². The number of carbonyl (C=O) groups excluding carboxylic acids is 4. The first-order valence-electron chi connectivity index (χ1n) is 6.51. The van der Waals surface area contributed by atoms with Gasteiger partial charge in [-0.25, -0.2) is 0 Å². The molecule has 0 saturated carbocycles. The van der Waals surface area contributed by atoms with E-state index in [2.05, 4.69) is 0 Å². The Balaban J connectivity index is 2.94. The van der Waals surface area contributed by atoms with Crippen LogP contribution in [-0.2, 0) is 42.9 Å². The van der Waals surface area contributed by atoms with E-state index in [1.807, 2.05) is 0 Å². The lowest BCUT2D eigenvalue weighted by atomic mass is 10.1. The van der Waals surface area contributed by atoms with Crippen LogP contribution >= 0.6 is 0 Å². The van der Waals surface area contributed by atoms with Gasteiger partial charge in [0, 0.05) is 27.7 Å². The zero-order chi connectivity index (χ0) is 16.9. The van der Waals surface area contributed by atoms with Gasteiger partial charge < -0.3 is 23.7 Å². The van der Waals surface area contributed by atoms with Crippen molar-refractivity contribution >= 4 is 23.9 Å². The third kappa shape index (κ3) is 5.32. The van der Waals surface area contributed by atoms with Crippen LogP contribution in [0.5, 0.6) is 0 Å². The van der Waals surface area contributed by atoms with E-state index >= 15 is 0 Å². The lowest BCUT2D eigenvalue weighted by molar-refractivity contribution is -0.197. The molecule has 2 unspecified atom stereocenters. The molecule has 1 saturated heterocycles. The molecule has 0 aliphatic carbocycles. The van der Waals surface area contributed by atoms with E-state index in [9.17, 15) is 19.2 Å². The zero-order valence-electron chi connectivity index (χ0n) is 12.7. The summed E-state index contributed by atoms with van der Waals surface area (Å²) in [5.74, 6) is -2.56. The molecule has 0 radical (unpaired) electrons. The summed E-state index contributed by atoms with van der Waals surface area (Å²) in [4.78, 5) is 44.4. The molecule has 0 bridgehead atoms. The lowest BCUT2D eigenvalue weighted by Crippen LogP contribution is -2.42. The molecule has 1 rings (SSSR count). The summed E-state index contributed by atoms with van der Waals surface area (Å²) in [5, 5.41) is 0. The van der Waals surface area contributed by atoms with Gasteiger partial charge in [0.2, 0.25) is 12.4 Å². The Kier molecular flexibility index (Phi) is 6.29. The highest BCUT2D eigenvalue weighted by molar-refractivity contribution is 5.68. The van der Waals surface area contributed by atoms with E-state index in [1.165, 1.54) is 6.92 Å². The highest BCUT2D eigenvalue weighted by atomic mass is 16.8. The summed E-state index contributed by atoms with van der Waals surface area (Å²) < 4.78 is 25.2. The Hall–Kier alpha value is -2.16. The number of carbonyl (C=O) groups is 4. The van der Waals surface area contributed by atoms with E-state index in [1.54, 1.807) is 0 Å². The van der Waals surface area contributed by atoms with E-state index < -0.39 is 48.5 Å². The number of esters is 4. The van der Waals surface area contributed by atoms with Crippen LogP contribution in [-0.4, -0.2) is 55.1 Å². The second-order valence-electron chi connectivity index (χ2n) is 4.60. The minimum atomic E-state index is -1.26. The number of hydrogen-bond acceptors (Lipinski definition) is 9. The molecule has 22 heavy (non-hydrogen) atoms. The average molecular weight is 318 g/mol. The first-order chi connectivity index (χ1) is 10.2. The van der Waals surface area contributed by atoms with Crippen molar-refractivity contribution in [1.82, 2.24) is 0 Å². The zero-order valence-corrected chi connectivity index (χ0v) is 12.7. The topological polar surface area (TPSA) is 114 Å². The molecule has 1 heterocycles. The van der Waals surface area contributed by atoms with Gasteiger partial charge in [0.05, 0.1) is 0 Å². The fraction of sp³-hybridized carbons (Fsp3) is 0.692. The van der Waals surface area contributed by atoms with Gasteiger partial charge in [-0.15, -0.1) is 0 Å². The van der Waals surface area contributed by atoms with Gasteiger partial charge in [0.1, 0.15) is 12.7 Å². The molecule has 1 aliphatic rings. The summed E-state index contributed by atoms with van der Waals surface area (Å²) >= 11 is 0. The van der Waals surface area contributed by atoms with Crippen LogP contribution in [0.3, 0.4) is 0 Å². The fourth-order valence-electron chi connectivity index (χ4n) is 1.93. The Bertz CT molecular complexity index is 458. The van der Waals surface area contributed by atoms with Crippen molar-refractivity contribution in [3.63, 3.8) is 0 Å². The molecule has 0 spiro atoms. The smallest absolute Gasteiger partial charge is 0.305 e. The Morgan fingerprint density at radius 3 is 1.73 bits per heavy atom. The summed E-state index contributed by atoms with van der Waals surface area (Å²) in [6.07, 6.45) is -4.40. The maximum atomic E-state index is 11.2. The molecule has 124 valence electrons. The van der Waals surface area contributed by atoms with Crippen molar-refractivity contribution < 1.29 is 42.9 Å². The lowest BCUT2D eigenvalue weighted by Gasteiger charge is -2.22. The number of hydrogen-bond donors (Lipinski definition) is 0. The minimum Gasteiger partial charge on any atom is -0.463 e. The van der Waals surface area contributed by atoms with Gasteiger partial charge >= 0.3 is 23.9 Å². The monoisotopic (exact) mass is 318 g/mol. The average Bonchev–Trinajstić information content (AvgIpc) is 2.63. The van der Waals surface area contributed by atoms with Crippen molar-refractivity contribution in [3.05, 3.63) is 0 Å². The predicted molar refractivity (Wildman–Crippen MR) is 68.2 cm³/mol. The number of rotatable bonds is 5. The van der Waals surface area contributed by atoms with E-state index in [0.717, 1.165) is 20.8 Å². The second kappa shape index (κ2) is 7.74. The van der Waals surface area contributed by atoms with Crippen LogP contribution < -0.4 is 0 Å². The van der Waals surface area contributed by atoms with Gasteiger partial charge in [0.15, 0.2) is 6.10 Å². The van der Waals surface area contributed by atoms with Gasteiger partial charge in [-0.05, 0) is 0 Å². The van der Waals surface area contributed by atoms with E-state index in [0.29, 0.717) is 0 Å². The highest BCUT2D eigenvalue weighted by Gasteiger charge is 2.51. The van der Waals surface area contributed by atoms with E-state index in [4.69, 9.17) is 23.7 Å². The van der Waals surface area contributed by atoms with Gasteiger partial charge in [-0.3, -0.25) is 19.2 Å². The predicted octanol–water partition coefficient (Wildman–Crippen LogP) is -0.299. The van der Waals surface area contributed by atoms with Gasteiger partial charge in [0.25, 0.3) is 0 Å². The van der Waals surface area contributed by atoms with Crippen LogP contribution in [0.2, 0.25) is 0 Å². The third-order valence-electron chi connectivity index (χ3n) is 2.60. The molecule has 0 amide bonds. The molecule has 9 heteroatoms. The molecule has 4 atom stereocenters. The first-order valence-corrected chi connectivity index (χ1v) is 6.51. The third-order valence-corrected chi connectivity index (χ3v) is 2.60. The van der Waals surface area contributed by atoms with Crippen molar-refractivity contribution in [2.45, 2.75) is 52.3 Å². The first kappa shape index (κ1) is 17.9. The van der Waals surface area contributed by atoms with Gasteiger partial charge in [-0.2, -0.15) is 0 Å². The van der Waals surface area contributed by atoms with Crippen LogP contribution in [0.4, 0.5) is 0 Å². The standard InChI is InChI=1S/C13H18O9/c1-6(14)18-5-10-11(19-7(2)15)12(20-8(3)16)13(22-10)21-9(4)17/h10-13H,5H2,1-4H3/t10?,11-,12-,13?/m1/s1. The largest absolute Gasteiger partial charge is 0.463 e. The highest BCUT2D eigenvalue weighted by Crippen LogP contribution is 2.28. The molecule has 1 aliphatic heterocycles. The molecule has 0 N–H and O–H groups in total. The second-order valence-corrected chi connectivity index (χ2v) is 4.60. The summed E-state index contributed by atoms with van der Waals surface area (Å²) in [5.41, 5.74) is 0. The molecular weight excluding hydrogens is 300 g/mol. The summed E-state index contributed by atoms with van der Waals surface area (Å²) in [6.45, 7) is 4.40. The van der Waals surface area contributed by atoms with Crippen molar-refractivity contribution in [2.24, 2.45) is 0 Å². The molecule has 0 aromatic heterocycles. The number of ether oxygens (including phenoxy) is 5. The minimum absolute atomic E-state index is 0.247. The molecule has 9 nitrogen and oxygen atoms in total. The molecule has 1 fully saturated rings. The summed E-state index contributed by atoms with van der Waals surface area (Å²) in [7, 11) is 0. The molecule has 0 aromatic carbocycles. The SMILES string of the molecule is CC(=O)OCC1OC(OC(C)=O)[C@H](OC(C)=O)[C@@H]1OC(C)=O. The Morgan fingerprint density at radius 2 is 1.27 bits per heavy atom. The Morgan fingerprint density at radius 1 is 0.773 bits per heavy atom. The quantitative estimate of drug-likeness (QED) is 0.497. The van der Waals surface area contributed by atoms with Crippen molar-refractivity contribution in [2.75, 3.05) is 6.61 Å². The molecular formula is C13H18O9. The van der Waals surface area contributed by atoms with Crippen LogP contribution in [0, 0.1) is 0 Å². The summed E-state index contributed by atoms with van der Waals surface area (Å²) in [6, 6.07) is 0. The normalized spacial score (nSPS) is 26.9. The van der Waals surface area contributed by atoms with Crippen molar-refractivity contribution in [1.29, 1.82) is 0 Å². The molecule has 0 aromatic rings. The van der Waals surface area contributed by atoms with Crippen LogP contribution in [0.1, 0.15) is 27.7 Å². The van der Waals surface area contributed by atoms with Crippen LogP contribution in [0.15, 0.2) is 0 Å². The fourth-order valence-corrected chi connectivity index (χ4v) is 1.93. The van der Waals surface area contributed by atoms with E-state index in [-0.39, 0.29) is 6.61 Å². The Labute approximate surface area is 126 Å². The maximum Gasteiger partial charge on any atom is 0.305 e. The van der Waals surface area contributed by atoms with Crippen molar-refractivity contribution in [3.8, 4) is 0 Å².